The molecule has 0 unspecified atom stereocenters. The number of rotatable bonds is 3. The first-order valence-electron chi connectivity index (χ1n) is 8.87. The van der Waals surface area contributed by atoms with Crippen LogP contribution in [-0.2, 0) is 27.8 Å². The molecule has 0 bridgehead atoms. The maximum absolute atomic E-state index is 13.6. The minimum Gasteiger partial charge on any atom is -0.370 e. The molecule has 7 nitrogen and oxygen atoms in total. The Hall–Kier alpha value is -1.81. The topological polar surface area (TPSA) is 90.5 Å². The Bertz CT molecular complexity index is 951. The van der Waals surface area contributed by atoms with E-state index in [2.05, 4.69) is 10.00 Å². The zero-order valence-corrected chi connectivity index (χ0v) is 16.1. The van der Waals surface area contributed by atoms with Gasteiger partial charge in [0.2, 0.25) is 0 Å². The molecule has 3 heterocycles. The van der Waals surface area contributed by atoms with Crippen LogP contribution in [0.3, 0.4) is 0 Å². The highest BCUT2D eigenvalue weighted by Crippen LogP contribution is 2.34. The van der Waals surface area contributed by atoms with E-state index in [0.717, 1.165) is 39.1 Å². The Labute approximate surface area is 158 Å². The van der Waals surface area contributed by atoms with E-state index in [1.54, 1.807) is 12.3 Å². The molecule has 3 atom stereocenters. The molecule has 0 aliphatic carbocycles. The lowest BCUT2D eigenvalue weighted by Crippen LogP contribution is -2.47. The van der Waals surface area contributed by atoms with E-state index in [-0.39, 0.29) is 24.0 Å². The number of nitrogens with zero attached hydrogens (tertiary/aromatic N) is 3. The van der Waals surface area contributed by atoms with E-state index in [1.807, 2.05) is 6.92 Å². The molecule has 4 rings (SSSR count). The number of benzene rings is 1. The van der Waals surface area contributed by atoms with Crippen LogP contribution in [0, 0.1) is 12.7 Å². The van der Waals surface area contributed by atoms with Crippen molar-refractivity contribution in [3.8, 4) is 0 Å². The zero-order chi connectivity index (χ0) is 19.3. The monoisotopic (exact) mass is 394 g/mol. The maximum atomic E-state index is 13.6. The quantitative estimate of drug-likeness (QED) is 0.844. The second-order valence-corrected chi connectivity index (χ2v) is 9.29. The summed E-state index contributed by atoms with van der Waals surface area (Å²) in [5.74, 6) is -0.290. The minimum atomic E-state index is -3.37. The van der Waals surface area contributed by atoms with Crippen molar-refractivity contribution in [2.45, 2.75) is 44.6 Å². The van der Waals surface area contributed by atoms with Crippen molar-refractivity contribution in [1.82, 2.24) is 14.1 Å². The number of aryl methyl sites for hydroxylation is 1. The molecule has 0 saturated carbocycles. The summed E-state index contributed by atoms with van der Waals surface area (Å²) < 4.78 is 43.9. The van der Waals surface area contributed by atoms with Crippen LogP contribution in [0.15, 0.2) is 24.4 Å². The third kappa shape index (κ3) is 3.52. The number of ether oxygens (including phenoxy) is 1. The molecule has 2 aliphatic heterocycles. The molecule has 0 amide bonds. The Morgan fingerprint density at radius 2 is 2.11 bits per heavy atom. The normalized spacial score (nSPS) is 26.3. The summed E-state index contributed by atoms with van der Waals surface area (Å²) >= 11 is 0. The Morgan fingerprint density at radius 1 is 1.33 bits per heavy atom. The van der Waals surface area contributed by atoms with Crippen LogP contribution < -0.4 is 5.73 Å². The van der Waals surface area contributed by atoms with Crippen LogP contribution in [0.5, 0.6) is 0 Å². The highest BCUT2D eigenvalue weighted by molar-refractivity contribution is 7.89. The van der Waals surface area contributed by atoms with Crippen molar-refractivity contribution >= 4 is 10.0 Å². The van der Waals surface area contributed by atoms with Crippen LogP contribution in [-0.4, -0.2) is 47.4 Å². The van der Waals surface area contributed by atoms with Gasteiger partial charge in [0.1, 0.15) is 5.82 Å². The summed E-state index contributed by atoms with van der Waals surface area (Å²) in [4.78, 5) is 2.21. The molecule has 1 aromatic heterocycles. The fourth-order valence-electron chi connectivity index (χ4n) is 3.92. The highest BCUT2D eigenvalue weighted by atomic mass is 32.2. The summed E-state index contributed by atoms with van der Waals surface area (Å²) in [5.41, 5.74) is 9.83. The molecule has 9 heteroatoms. The summed E-state index contributed by atoms with van der Waals surface area (Å²) in [6.45, 7) is 3.61. The predicted molar refractivity (Wildman–Crippen MR) is 97.9 cm³/mol. The molecule has 1 fully saturated rings. The molecule has 0 radical (unpaired) electrons. The molecule has 27 heavy (non-hydrogen) atoms. The number of fused-ring (bicyclic) bond motifs is 1. The third-order valence-corrected chi connectivity index (χ3v) is 6.25. The van der Waals surface area contributed by atoms with Gasteiger partial charge in [0.05, 0.1) is 24.7 Å². The van der Waals surface area contributed by atoms with Crippen LogP contribution in [0.1, 0.15) is 34.9 Å². The second kappa shape index (κ2) is 6.66. The number of hydrogen-bond donors (Lipinski definition) is 1. The summed E-state index contributed by atoms with van der Waals surface area (Å²) in [6, 6.07) is 4.55. The van der Waals surface area contributed by atoms with E-state index < -0.39 is 10.0 Å². The fraction of sp³-hybridized carbons (Fsp3) is 0.500. The van der Waals surface area contributed by atoms with Crippen molar-refractivity contribution < 1.29 is 17.5 Å². The highest BCUT2D eigenvalue weighted by Gasteiger charge is 2.37. The Balaban J connectivity index is 1.44. The SMILES string of the molecule is Cc1ccc(F)cc1[C@H]1OC[C@H](N2Cc3cn(S(C)(=O)=O)nc3C2)C[C@@H]1N. The molecule has 2 aromatic rings. The largest absolute Gasteiger partial charge is 0.370 e. The molecule has 146 valence electrons. The smallest absolute Gasteiger partial charge is 0.250 e. The Morgan fingerprint density at radius 3 is 2.78 bits per heavy atom. The molecule has 0 spiro atoms. The maximum Gasteiger partial charge on any atom is 0.250 e. The van der Waals surface area contributed by atoms with Gasteiger partial charge in [-0.25, -0.2) is 12.8 Å². The van der Waals surface area contributed by atoms with Gasteiger partial charge >= 0.3 is 0 Å². The summed E-state index contributed by atoms with van der Waals surface area (Å²) in [7, 11) is -3.37. The predicted octanol–water partition coefficient (Wildman–Crippen LogP) is 1.31. The number of halogens is 1. The molecule has 2 aliphatic rings. The standard InChI is InChI=1S/C18H23FN4O3S/c1-11-3-4-13(19)5-15(11)18-16(20)6-14(10-26-18)22-7-12-8-23(27(2,24)25)21-17(12)9-22/h3-5,8,14,16,18H,6-7,9-10,20H2,1-2H3/t14-,16+,18-/m1/s1. The van der Waals surface area contributed by atoms with Gasteiger partial charge in [0.15, 0.2) is 0 Å². The second-order valence-electron chi connectivity index (χ2n) is 7.45. The molecular weight excluding hydrogens is 371 g/mol. The molecule has 1 saturated heterocycles. The average Bonchev–Trinajstić information content (AvgIpc) is 3.16. The van der Waals surface area contributed by atoms with Crippen molar-refractivity contribution in [2.24, 2.45) is 5.73 Å². The lowest BCUT2D eigenvalue weighted by atomic mass is 9.91. The summed E-state index contributed by atoms with van der Waals surface area (Å²) in [6.07, 6.45) is 3.11. The van der Waals surface area contributed by atoms with Crippen LogP contribution in [0.25, 0.3) is 0 Å². The van der Waals surface area contributed by atoms with Crippen LogP contribution in [0.2, 0.25) is 0 Å². The van der Waals surface area contributed by atoms with Gasteiger partial charge < -0.3 is 10.5 Å². The molecule has 1 aromatic carbocycles. The van der Waals surface area contributed by atoms with Gasteiger partial charge in [0.25, 0.3) is 10.0 Å². The van der Waals surface area contributed by atoms with Gasteiger partial charge in [0, 0.05) is 36.9 Å². The molecule has 2 N–H and O–H groups in total. The Kier molecular flexibility index (Phi) is 4.58. The van der Waals surface area contributed by atoms with E-state index in [1.165, 1.54) is 12.1 Å². The average molecular weight is 394 g/mol. The number of nitrogens with two attached hydrogens (primary N) is 1. The molecular formula is C18H23FN4O3S. The third-order valence-electron chi connectivity index (χ3n) is 5.39. The number of aromatic nitrogens is 2. The first-order chi connectivity index (χ1) is 12.7. The van der Waals surface area contributed by atoms with Crippen molar-refractivity contribution in [2.75, 3.05) is 12.9 Å². The minimum absolute atomic E-state index is 0.117. The van der Waals surface area contributed by atoms with Crippen molar-refractivity contribution in [1.29, 1.82) is 0 Å². The van der Waals surface area contributed by atoms with Crippen LogP contribution in [0.4, 0.5) is 4.39 Å². The lowest BCUT2D eigenvalue weighted by molar-refractivity contribution is -0.0522. The van der Waals surface area contributed by atoms with E-state index in [4.69, 9.17) is 10.5 Å². The van der Waals surface area contributed by atoms with Gasteiger partial charge in [-0.1, -0.05) is 6.07 Å². The van der Waals surface area contributed by atoms with E-state index in [9.17, 15) is 12.8 Å². The van der Waals surface area contributed by atoms with Crippen LogP contribution >= 0.6 is 0 Å². The van der Waals surface area contributed by atoms with Gasteiger partial charge in [-0.3, -0.25) is 4.90 Å². The summed E-state index contributed by atoms with van der Waals surface area (Å²) in [5, 5.41) is 4.18. The van der Waals surface area contributed by atoms with E-state index >= 15 is 0 Å². The first-order valence-corrected chi connectivity index (χ1v) is 10.7. The van der Waals surface area contributed by atoms with Crippen molar-refractivity contribution in [3.63, 3.8) is 0 Å². The zero-order valence-electron chi connectivity index (χ0n) is 15.3. The lowest BCUT2D eigenvalue weighted by Gasteiger charge is -2.39. The first kappa shape index (κ1) is 18.5. The fourth-order valence-corrected chi connectivity index (χ4v) is 4.48. The van der Waals surface area contributed by atoms with Gasteiger partial charge in [-0.05, 0) is 36.6 Å². The van der Waals surface area contributed by atoms with Crippen molar-refractivity contribution in [3.05, 3.63) is 52.6 Å². The number of hydrogen-bond acceptors (Lipinski definition) is 6. The van der Waals surface area contributed by atoms with E-state index in [0.29, 0.717) is 19.7 Å². The van der Waals surface area contributed by atoms with Gasteiger partial charge in [-0.2, -0.15) is 9.19 Å². The van der Waals surface area contributed by atoms with Gasteiger partial charge in [-0.15, -0.1) is 0 Å².